The molecule has 0 unspecified atom stereocenters. The van der Waals surface area contributed by atoms with Gasteiger partial charge < -0.3 is 19.1 Å². The van der Waals surface area contributed by atoms with Gasteiger partial charge in [0.25, 0.3) is 0 Å². The summed E-state index contributed by atoms with van der Waals surface area (Å²) in [5.74, 6) is 1.46. The Kier molecular flexibility index (Phi) is 5.52. The van der Waals surface area contributed by atoms with Gasteiger partial charge in [0.1, 0.15) is 0 Å². The smallest absolute Gasteiger partial charge is 0.410 e. The van der Waals surface area contributed by atoms with Crippen molar-refractivity contribution in [1.29, 1.82) is 0 Å². The minimum atomic E-state index is -0.463. The van der Waals surface area contributed by atoms with E-state index in [-0.39, 0.29) is 20.4 Å². The van der Waals surface area contributed by atoms with Crippen molar-refractivity contribution in [3.63, 3.8) is 0 Å². The van der Waals surface area contributed by atoms with E-state index in [1.165, 1.54) is 0 Å². The molecule has 6 heterocycles. The Morgan fingerprint density at radius 1 is 0.676 bits per heavy atom. The van der Waals surface area contributed by atoms with E-state index < -0.39 is 5.41 Å². The van der Waals surface area contributed by atoms with E-state index in [2.05, 4.69) is 46.4 Å². The Labute approximate surface area is 209 Å². The third kappa shape index (κ3) is 3.59. The fourth-order valence-electron chi connectivity index (χ4n) is 3.88. The van der Waals surface area contributed by atoms with Gasteiger partial charge in [-0.2, -0.15) is 0 Å². The number of imidazole rings is 2. The van der Waals surface area contributed by atoms with Crippen molar-refractivity contribution in [3.8, 4) is 11.6 Å². The van der Waals surface area contributed by atoms with Crippen LogP contribution in [0.2, 0.25) is 0 Å². The second-order valence-electron chi connectivity index (χ2n) is 8.21. The Hall–Kier alpha value is -3.80. The zero-order valence-electron chi connectivity index (χ0n) is 18.3. The van der Waals surface area contributed by atoms with Crippen LogP contribution in [0, 0.1) is 12.7 Å². The van der Waals surface area contributed by atoms with Crippen molar-refractivity contribution in [2.75, 3.05) is 0 Å². The minimum absolute atomic E-state index is 0. The van der Waals surface area contributed by atoms with Crippen LogP contribution in [0.15, 0.2) is 73.3 Å². The van der Waals surface area contributed by atoms with Crippen molar-refractivity contribution in [1.82, 2.24) is 39.0 Å². The quantitative estimate of drug-likeness (QED) is 0.251. The van der Waals surface area contributed by atoms with Crippen molar-refractivity contribution < 1.29 is 20.4 Å². The Bertz CT molecular complexity index is 1500. The standard InChI is InChI=1S/C25H18N8.Pd/c1-25(2,21-5-3-7-23(30-21)32-15-28-17-9-11-26-13-19(17)32)22-6-4-8-24(31-22)33-16-29-18-10-12-27-14-20(18)33;/h3-14H,1-2H3;/q-2;+2. The van der Waals surface area contributed by atoms with Crippen LogP contribution in [0.5, 0.6) is 0 Å². The fraction of sp³-hybridized carbons (Fsp3) is 0.120. The molecule has 6 aromatic rings. The zero-order valence-corrected chi connectivity index (χ0v) is 19.9. The molecule has 0 saturated heterocycles. The summed E-state index contributed by atoms with van der Waals surface area (Å²) in [6.07, 6.45) is 13.0. The second kappa shape index (κ2) is 8.52. The summed E-state index contributed by atoms with van der Waals surface area (Å²) in [6, 6.07) is 15.6. The molecule has 0 fully saturated rings. The first-order valence-corrected chi connectivity index (χ1v) is 10.5. The largest absolute Gasteiger partial charge is 2.00 e. The van der Waals surface area contributed by atoms with Gasteiger partial charge in [0.15, 0.2) is 0 Å². The molecule has 0 radical (unpaired) electrons. The molecule has 8 nitrogen and oxygen atoms in total. The number of hydrogen-bond acceptors (Lipinski definition) is 6. The van der Waals surface area contributed by atoms with Crippen LogP contribution in [-0.2, 0) is 25.8 Å². The molecule has 0 amide bonds. The van der Waals surface area contributed by atoms with Gasteiger partial charge in [0.2, 0.25) is 0 Å². The maximum atomic E-state index is 4.94. The Balaban J connectivity index is 0.00000241. The van der Waals surface area contributed by atoms with Crippen LogP contribution in [0.4, 0.5) is 0 Å². The molecule has 34 heavy (non-hydrogen) atoms. The summed E-state index contributed by atoms with van der Waals surface area (Å²) in [7, 11) is 0. The van der Waals surface area contributed by atoms with Crippen molar-refractivity contribution >= 4 is 22.1 Å². The summed E-state index contributed by atoms with van der Waals surface area (Å²) >= 11 is 0. The monoisotopic (exact) mass is 536 g/mol. The van der Waals surface area contributed by atoms with E-state index in [1.807, 2.05) is 57.7 Å². The topological polar surface area (TPSA) is 87.2 Å². The van der Waals surface area contributed by atoms with E-state index in [0.29, 0.717) is 0 Å². The third-order valence-corrected chi connectivity index (χ3v) is 5.79. The summed E-state index contributed by atoms with van der Waals surface area (Å²) in [5, 5.41) is 0. The van der Waals surface area contributed by atoms with Crippen molar-refractivity contribution in [3.05, 3.63) is 97.4 Å². The zero-order chi connectivity index (χ0) is 22.4. The average Bonchev–Trinajstić information content (AvgIpc) is 3.49. The van der Waals surface area contributed by atoms with Crippen molar-refractivity contribution in [2.45, 2.75) is 19.3 Å². The molecule has 9 heteroatoms. The van der Waals surface area contributed by atoms with Gasteiger partial charge in [0, 0.05) is 54.2 Å². The van der Waals surface area contributed by atoms with Crippen LogP contribution in [-0.4, -0.2) is 39.0 Å². The molecule has 6 rings (SSSR count). The van der Waals surface area contributed by atoms with Crippen LogP contribution in [0.3, 0.4) is 0 Å². The first-order chi connectivity index (χ1) is 16.1. The molecule has 0 bridgehead atoms. The molecule has 0 aliphatic heterocycles. The molecular weight excluding hydrogens is 519 g/mol. The van der Waals surface area contributed by atoms with Gasteiger partial charge in [-0.1, -0.05) is 36.4 Å². The third-order valence-electron chi connectivity index (χ3n) is 5.79. The van der Waals surface area contributed by atoms with Gasteiger partial charge >= 0.3 is 20.4 Å². The van der Waals surface area contributed by atoms with Gasteiger partial charge in [-0.05, 0) is 48.0 Å². The van der Waals surface area contributed by atoms with Crippen LogP contribution in [0.1, 0.15) is 25.2 Å². The summed E-state index contributed by atoms with van der Waals surface area (Å²) < 4.78 is 3.65. The first-order valence-electron chi connectivity index (χ1n) is 10.5. The van der Waals surface area contributed by atoms with E-state index in [4.69, 9.17) is 9.97 Å². The predicted octanol–water partition coefficient (Wildman–Crippen LogP) is 3.87. The number of hydrogen-bond donors (Lipinski definition) is 0. The predicted molar refractivity (Wildman–Crippen MR) is 123 cm³/mol. The fourth-order valence-corrected chi connectivity index (χ4v) is 3.88. The van der Waals surface area contributed by atoms with Gasteiger partial charge in [0.05, 0.1) is 11.6 Å². The van der Waals surface area contributed by atoms with Gasteiger partial charge in [-0.3, -0.25) is 19.9 Å². The molecule has 0 atom stereocenters. The molecule has 0 saturated carbocycles. The Morgan fingerprint density at radius 2 is 1.15 bits per heavy atom. The number of fused-ring (bicyclic) bond motifs is 2. The first kappa shape index (κ1) is 22.0. The van der Waals surface area contributed by atoms with E-state index >= 15 is 0 Å². The van der Waals surface area contributed by atoms with Crippen molar-refractivity contribution in [2.24, 2.45) is 0 Å². The molecule has 0 aliphatic rings. The molecule has 0 aliphatic carbocycles. The van der Waals surface area contributed by atoms with Crippen LogP contribution in [0.25, 0.3) is 33.7 Å². The Morgan fingerprint density at radius 3 is 1.62 bits per heavy atom. The molecule has 168 valence electrons. The van der Waals surface area contributed by atoms with Crippen LogP contribution >= 0.6 is 0 Å². The van der Waals surface area contributed by atoms with Gasteiger partial charge in [-0.25, -0.2) is 0 Å². The van der Waals surface area contributed by atoms with Crippen LogP contribution < -0.4 is 0 Å². The maximum absolute atomic E-state index is 4.94. The average molecular weight is 537 g/mol. The SMILES string of the molecule is CC(C)(c1cccc(-n2[c-]nc3ccncc32)n1)c1cccc(-n2[c-]nc3ccncc32)n1.[Pd+2]. The maximum Gasteiger partial charge on any atom is 2.00 e. The van der Waals surface area contributed by atoms with Gasteiger partial charge in [-0.15, -0.1) is 0 Å². The summed E-state index contributed by atoms with van der Waals surface area (Å²) in [6.45, 7) is 4.22. The minimum Gasteiger partial charge on any atom is -0.410 e. The number of aromatic nitrogens is 8. The number of nitrogens with zero attached hydrogens (tertiary/aromatic N) is 8. The molecule has 0 spiro atoms. The van der Waals surface area contributed by atoms with E-state index in [1.54, 1.807) is 24.8 Å². The number of rotatable bonds is 4. The molecule has 0 N–H and O–H groups in total. The normalized spacial score (nSPS) is 11.6. The molecule has 0 aromatic carbocycles. The van der Waals surface area contributed by atoms with E-state index in [0.717, 1.165) is 45.1 Å². The molecular formula is C25H18N8Pd. The number of pyridine rings is 4. The second-order valence-corrected chi connectivity index (χ2v) is 8.21. The summed E-state index contributed by atoms with van der Waals surface area (Å²) in [5.41, 5.74) is 4.66. The molecule has 6 aromatic heterocycles. The summed E-state index contributed by atoms with van der Waals surface area (Å²) in [4.78, 5) is 27.0. The van der Waals surface area contributed by atoms with E-state index in [9.17, 15) is 0 Å².